The lowest BCUT2D eigenvalue weighted by molar-refractivity contribution is -0.146. The van der Waals surface area contributed by atoms with Crippen LogP contribution in [-0.4, -0.2) is 72.8 Å². The van der Waals surface area contributed by atoms with E-state index in [1.54, 1.807) is 7.11 Å². The highest BCUT2D eigenvalue weighted by Gasteiger charge is 2.34. The molecule has 176 valence electrons. The molecule has 0 spiro atoms. The maximum absolute atomic E-state index is 10.8. The van der Waals surface area contributed by atoms with Crippen LogP contribution in [0.3, 0.4) is 0 Å². The van der Waals surface area contributed by atoms with Gasteiger partial charge in [0, 0.05) is 50.2 Å². The molecule has 3 fully saturated rings. The summed E-state index contributed by atoms with van der Waals surface area (Å²) in [7, 11) is 1.78. The second kappa shape index (κ2) is 11.7. The molecule has 3 heterocycles. The maximum atomic E-state index is 10.8. The smallest absolute Gasteiger partial charge is 0.224 e. The van der Waals surface area contributed by atoms with E-state index in [1.807, 2.05) is 4.90 Å². The van der Waals surface area contributed by atoms with Crippen molar-refractivity contribution in [2.45, 2.75) is 101 Å². The summed E-state index contributed by atoms with van der Waals surface area (Å²) < 4.78 is 10.2. The van der Waals surface area contributed by atoms with E-state index in [2.05, 4.69) is 67.2 Å². The molecule has 0 aromatic heterocycles. The second-order valence-corrected chi connectivity index (χ2v) is 11.0. The lowest BCUT2D eigenvalue weighted by Crippen LogP contribution is -2.59. The van der Waals surface area contributed by atoms with Crippen molar-refractivity contribution in [3.63, 3.8) is 0 Å². The highest BCUT2D eigenvalue weighted by atomic mass is 16.5. The predicted molar refractivity (Wildman–Crippen MR) is 125 cm³/mol. The fraction of sp³-hybridized carbons (Fsp3) is 0.958. The molecule has 3 aliphatic rings. The number of β-lactam (4-membered cyclic amide) rings is 1. The summed E-state index contributed by atoms with van der Waals surface area (Å²) in [5.41, 5.74) is 0.850. The average Bonchev–Trinajstić information content (AvgIpc) is 2.29. The third-order valence-corrected chi connectivity index (χ3v) is 5.65. The molecular weight excluding hydrogens is 364 g/mol. The minimum absolute atomic E-state index is 0. The molecular formula is C24H52N2O3. The van der Waals surface area contributed by atoms with Crippen LogP contribution in [0.1, 0.15) is 83.6 Å². The van der Waals surface area contributed by atoms with Crippen molar-refractivity contribution in [1.82, 2.24) is 9.80 Å². The van der Waals surface area contributed by atoms with E-state index in [0.717, 1.165) is 45.2 Å². The Morgan fingerprint density at radius 1 is 0.897 bits per heavy atom. The molecule has 29 heavy (non-hydrogen) atoms. The van der Waals surface area contributed by atoms with Crippen LogP contribution in [-0.2, 0) is 14.3 Å². The van der Waals surface area contributed by atoms with Crippen molar-refractivity contribution in [3.05, 3.63) is 0 Å². The summed E-state index contributed by atoms with van der Waals surface area (Å²) in [4.78, 5) is 15.1. The third-order valence-electron chi connectivity index (χ3n) is 5.65. The van der Waals surface area contributed by atoms with Gasteiger partial charge in [-0.3, -0.25) is 9.69 Å². The standard InChI is InChI=1S/C8H17NO.C7H13NO.C7H14O.2CH4/c1-8(2,3)9-5-7(6-9)10-4;1-7(2,3)8-5-4-6(8)9;1-7(2,3)6-4-8-5-6;;/h7H,5-6H2,1-4H3;4-5H2,1-3H3;6H,4-5H2,1-3H3;2*1H4. The number of hydrogen-bond acceptors (Lipinski definition) is 4. The van der Waals surface area contributed by atoms with E-state index in [0.29, 0.717) is 23.0 Å². The fourth-order valence-corrected chi connectivity index (χ4v) is 2.90. The molecule has 0 aromatic carbocycles. The minimum Gasteiger partial charge on any atom is -0.381 e. The Bertz CT molecular complexity index is 462. The maximum Gasteiger partial charge on any atom is 0.224 e. The van der Waals surface area contributed by atoms with Crippen molar-refractivity contribution < 1.29 is 14.3 Å². The van der Waals surface area contributed by atoms with E-state index in [1.165, 1.54) is 0 Å². The summed E-state index contributed by atoms with van der Waals surface area (Å²) in [5.74, 6) is 1.10. The van der Waals surface area contributed by atoms with Crippen molar-refractivity contribution in [2.75, 3.05) is 40.0 Å². The van der Waals surface area contributed by atoms with Gasteiger partial charge < -0.3 is 14.4 Å². The van der Waals surface area contributed by atoms with Gasteiger partial charge in [-0.25, -0.2) is 0 Å². The molecule has 0 radical (unpaired) electrons. The van der Waals surface area contributed by atoms with Crippen LogP contribution < -0.4 is 0 Å². The predicted octanol–water partition coefficient (Wildman–Crippen LogP) is 5.08. The Labute approximate surface area is 182 Å². The monoisotopic (exact) mass is 416 g/mol. The van der Waals surface area contributed by atoms with Gasteiger partial charge in [-0.2, -0.15) is 0 Å². The molecule has 5 heteroatoms. The SMILES string of the molecule is C.C.CC(C)(C)C1COC1.CC(C)(C)N1CCC1=O.COC1CN(C(C)(C)C)C1. The van der Waals surface area contributed by atoms with Crippen molar-refractivity contribution in [2.24, 2.45) is 11.3 Å². The zero-order chi connectivity index (χ0) is 21.0. The van der Waals surface area contributed by atoms with Crippen LogP contribution >= 0.6 is 0 Å². The van der Waals surface area contributed by atoms with Crippen molar-refractivity contribution >= 4 is 5.91 Å². The molecule has 0 N–H and O–H groups in total. The van der Waals surface area contributed by atoms with Crippen LogP contribution in [0.5, 0.6) is 0 Å². The lowest BCUT2D eigenvalue weighted by atomic mass is 9.80. The molecule has 0 aliphatic carbocycles. The van der Waals surface area contributed by atoms with E-state index in [4.69, 9.17) is 9.47 Å². The molecule has 1 amide bonds. The van der Waals surface area contributed by atoms with E-state index in [9.17, 15) is 4.79 Å². The zero-order valence-corrected chi connectivity index (χ0v) is 19.5. The highest BCUT2D eigenvalue weighted by molar-refractivity contribution is 5.82. The first-order chi connectivity index (χ1) is 12.2. The number of carbonyl (C=O) groups is 1. The van der Waals surface area contributed by atoms with Gasteiger partial charge in [0.1, 0.15) is 0 Å². The Morgan fingerprint density at radius 3 is 1.48 bits per heavy atom. The summed E-state index contributed by atoms with van der Waals surface area (Å²) in [6.45, 7) is 24.8. The lowest BCUT2D eigenvalue weighted by Gasteiger charge is -2.46. The molecule has 5 nitrogen and oxygen atoms in total. The number of amides is 1. The van der Waals surface area contributed by atoms with Gasteiger partial charge >= 0.3 is 0 Å². The third kappa shape index (κ3) is 9.80. The Balaban J connectivity index is 0. The van der Waals surface area contributed by atoms with Gasteiger partial charge in [0.25, 0.3) is 0 Å². The van der Waals surface area contributed by atoms with E-state index >= 15 is 0 Å². The number of nitrogens with zero attached hydrogens (tertiary/aromatic N) is 2. The van der Waals surface area contributed by atoms with Crippen LogP contribution in [0.2, 0.25) is 0 Å². The molecule has 0 unspecified atom stereocenters. The largest absolute Gasteiger partial charge is 0.381 e. The Kier molecular flexibility index (Phi) is 12.3. The fourth-order valence-electron chi connectivity index (χ4n) is 2.90. The molecule has 0 bridgehead atoms. The van der Waals surface area contributed by atoms with Gasteiger partial charge in [0.2, 0.25) is 5.91 Å². The topological polar surface area (TPSA) is 42.0 Å². The van der Waals surface area contributed by atoms with Crippen LogP contribution in [0.4, 0.5) is 0 Å². The van der Waals surface area contributed by atoms with E-state index < -0.39 is 0 Å². The van der Waals surface area contributed by atoms with Crippen molar-refractivity contribution in [1.29, 1.82) is 0 Å². The van der Waals surface area contributed by atoms with Crippen LogP contribution in [0, 0.1) is 11.3 Å². The second-order valence-electron chi connectivity index (χ2n) is 11.0. The van der Waals surface area contributed by atoms with E-state index in [-0.39, 0.29) is 20.4 Å². The Hall–Kier alpha value is -0.650. The van der Waals surface area contributed by atoms with Gasteiger partial charge in [-0.15, -0.1) is 0 Å². The molecule has 3 rings (SSSR count). The van der Waals surface area contributed by atoms with Crippen LogP contribution in [0.25, 0.3) is 0 Å². The number of carbonyl (C=O) groups excluding carboxylic acids is 1. The summed E-state index contributed by atoms with van der Waals surface area (Å²) in [5, 5.41) is 0. The number of hydrogen-bond donors (Lipinski definition) is 0. The Morgan fingerprint density at radius 2 is 1.38 bits per heavy atom. The van der Waals surface area contributed by atoms with Gasteiger partial charge in [0.05, 0.1) is 19.3 Å². The van der Waals surface area contributed by atoms with Crippen LogP contribution in [0.15, 0.2) is 0 Å². The first kappa shape index (κ1) is 30.5. The number of likely N-dealkylation sites (tertiary alicyclic amines) is 2. The van der Waals surface area contributed by atoms with Gasteiger partial charge in [0.15, 0.2) is 0 Å². The normalized spacial score (nSPS) is 20.3. The molecule has 3 saturated heterocycles. The summed E-state index contributed by atoms with van der Waals surface area (Å²) >= 11 is 0. The molecule has 0 saturated carbocycles. The summed E-state index contributed by atoms with van der Waals surface area (Å²) in [6, 6.07) is 0. The molecule has 3 aliphatic heterocycles. The summed E-state index contributed by atoms with van der Waals surface area (Å²) in [6.07, 6.45) is 1.23. The molecule has 0 aromatic rings. The first-order valence-electron chi connectivity index (χ1n) is 10.3. The number of ether oxygens (including phenoxy) is 2. The minimum atomic E-state index is 0. The number of rotatable bonds is 1. The van der Waals surface area contributed by atoms with Gasteiger partial charge in [-0.05, 0) is 47.0 Å². The van der Waals surface area contributed by atoms with Crippen molar-refractivity contribution in [3.8, 4) is 0 Å². The molecule has 0 atom stereocenters. The van der Waals surface area contributed by atoms with Gasteiger partial charge in [-0.1, -0.05) is 35.6 Å². The zero-order valence-electron chi connectivity index (χ0n) is 19.5. The number of methoxy groups -OCH3 is 1. The quantitative estimate of drug-likeness (QED) is 0.559. The average molecular weight is 417 g/mol. The first-order valence-corrected chi connectivity index (χ1v) is 10.3. The highest BCUT2D eigenvalue weighted by Crippen LogP contribution is 2.31.